The molecule has 2 aromatic heterocycles. The monoisotopic (exact) mass is 332 g/mol. The highest BCUT2D eigenvalue weighted by Crippen LogP contribution is 2.24. The van der Waals surface area contributed by atoms with E-state index in [-0.39, 0.29) is 5.82 Å². The first-order valence-corrected chi connectivity index (χ1v) is 8.10. The average molecular weight is 332 g/mol. The van der Waals surface area contributed by atoms with E-state index in [0.29, 0.717) is 17.8 Å². The van der Waals surface area contributed by atoms with Crippen molar-refractivity contribution in [1.29, 1.82) is 0 Å². The van der Waals surface area contributed by atoms with Gasteiger partial charge in [0.25, 0.3) is 0 Å². The summed E-state index contributed by atoms with van der Waals surface area (Å²) in [4.78, 5) is 11.9. The second-order valence-corrected chi connectivity index (χ2v) is 5.99. The van der Waals surface area contributed by atoms with Crippen molar-refractivity contribution in [1.82, 2.24) is 15.0 Å². The molecule has 0 aliphatic rings. The third-order valence-corrected chi connectivity index (χ3v) is 4.26. The molecule has 5 heteroatoms. The van der Waals surface area contributed by atoms with Crippen LogP contribution in [0.5, 0.6) is 0 Å². The maximum atomic E-state index is 13.8. The van der Waals surface area contributed by atoms with Crippen LogP contribution in [0.3, 0.4) is 0 Å². The fourth-order valence-corrected chi connectivity index (χ4v) is 2.92. The SMILES string of the molecule is N[C@H](Cc1ccccc1F)c1nc2cc(-c3ccncc3)ccc2[nH]1. The normalized spacial score (nSPS) is 12.4. The molecular formula is C20H17FN4. The minimum absolute atomic E-state index is 0.242. The Morgan fingerprint density at radius 3 is 2.60 bits per heavy atom. The van der Waals surface area contributed by atoms with Crippen molar-refractivity contribution in [2.24, 2.45) is 5.73 Å². The lowest BCUT2D eigenvalue weighted by atomic mass is 10.1. The van der Waals surface area contributed by atoms with E-state index in [1.54, 1.807) is 24.5 Å². The van der Waals surface area contributed by atoms with Gasteiger partial charge in [0.2, 0.25) is 0 Å². The summed E-state index contributed by atoms with van der Waals surface area (Å²) < 4.78 is 13.8. The van der Waals surface area contributed by atoms with E-state index in [2.05, 4.69) is 15.0 Å². The first kappa shape index (κ1) is 15.5. The second kappa shape index (κ2) is 6.45. The fourth-order valence-electron chi connectivity index (χ4n) is 2.92. The van der Waals surface area contributed by atoms with Gasteiger partial charge < -0.3 is 10.7 Å². The number of aromatic nitrogens is 3. The molecule has 0 aliphatic carbocycles. The molecule has 3 N–H and O–H groups in total. The highest BCUT2D eigenvalue weighted by molar-refractivity contribution is 5.82. The van der Waals surface area contributed by atoms with Crippen molar-refractivity contribution in [3.05, 3.63) is 84.2 Å². The third-order valence-electron chi connectivity index (χ3n) is 4.26. The maximum absolute atomic E-state index is 13.8. The zero-order valence-corrected chi connectivity index (χ0v) is 13.5. The molecule has 0 aliphatic heterocycles. The van der Waals surface area contributed by atoms with Gasteiger partial charge in [0.15, 0.2) is 0 Å². The van der Waals surface area contributed by atoms with Gasteiger partial charge in [0.1, 0.15) is 11.6 Å². The summed E-state index contributed by atoms with van der Waals surface area (Å²) in [5.74, 6) is 0.416. The molecule has 0 amide bonds. The number of nitrogens with zero attached hydrogens (tertiary/aromatic N) is 2. The number of nitrogens with two attached hydrogens (primary N) is 1. The van der Waals surface area contributed by atoms with Crippen LogP contribution in [0, 0.1) is 5.82 Å². The molecule has 0 saturated carbocycles. The zero-order chi connectivity index (χ0) is 17.2. The first-order valence-electron chi connectivity index (χ1n) is 8.10. The number of benzene rings is 2. The Hall–Kier alpha value is -3.05. The first-order chi connectivity index (χ1) is 12.2. The predicted molar refractivity (Wildman–Crippen MR) is 96.4 cm³/mol. The topological polar surface area (TPSA) is 67.6 Å². The van der Waals surface area contributed by atoms with Crippen LogP contribution >= 0.6 is 0 Å². The quantitative estimate of drug-likeness (QED) is 0.593. The molecule has 0 fully saturated rings. The van der Waals surface area contributed by atoms with Crippen LogP contribution in [-0.4, -0.2) is 15.0 Å². The fraction of sp³-hybridized carbons (Fsp3) is 0.100. The standard InChI is InChI=1S/C20H17FN4/c21-16-4-2-1-3-15(16)11-17(22)20-24-18-6-5-14(12-19(18)25-20)13-7-9-23-10-8-13/h1-10,12,17H,11,22H2,(H,24,25)/t17-/m1/s1. The van der Waals surface area contributed by atoms with Gasteiger partial charge in [0, 0.05) is 12.4 Å². The molecule has 4 rings (SSSR count). The molecule has 1 atom stereocenters. The summed E-state index contributed by atoms with van der Waals surface area (Å²) in [7, 11) is 0. The Kier molecular flexibility index (Phi) is 3.99. The lowest BCUT2D eigenvalue weighted by Gasteiger charge is -2.09. The number of H-pyrrole nitrogens is 1. The number of hydrogen-bond acceptors (Lipinski definition) is 3. The Bertz CT molecular complexity index is 1010. The van der Waals surface area contributed by atoms with E-state index in [1.807, 2.05) is 36.4 Å². The molecule has 0 spiro atoms. The molecule has 0 saturated heterocycles. The molecule has 2 aromatic carbocycles. The molecular weight excluding hydrogens is 315 g/mol. The van der Waals surface area contributed by atoms with Gasteiger partial charge in [0.05, 0.1) is 17.1 Å². The summed E-state index contributed by atoms with van der Waals surface area (Å²) in [5.41, 5.74) is 10.7. The van der Waals surface area contributed by atoms with Crippen LogP contribution in [0.15, 0.2) is 67.0 Å². The largest absolute Gasteiger partial charge is 0.341 e. The summed E-state index contributed by atoms with van der Waals surface area (Å²) in [6, 6.07) is 16.2. The van der Waals surface area contributed by atoms with Gasteiger partial charge in [-0.3, -0.25) is 4.98 Å². The van der Waals surface area contributed by atoms with E-state index in [1.165, 1.54) is 6.07 Å². The van der Waals surface area contributed by atoms with Gasteiger partial charge in [-0.1, -0.05) is 24.3 Å². The van der Waals surface area contributed by atoms with Crippen molar-refractivity contribution in [2.45, 2.75) is 12.5 Å². The number of halogens is 1. The summed E-state index contributed by atoms with van der Waals surface area (Å²) in [6.45, 7) is 0. The molecule has 0 radical (unpaired) electrons. The Balaban J connectivity index is 1.64. The minimum atomic E-state index is -0.395. The van der Waals surface area contributed by atoms with Crippen LogP contribution < -0.4 is 5.73 Å². The summed E-state index contributed by atoms with van der Waals surface area (Å²) in [6.07, 6.45) is 3.92. The second-order valence-electron chi connectivity index (χ2n) is 5.99. The number of imidazole rings is 1. The molecule has 4 nitrogen and oxygen atoms in total. The summed E-state index contributed by atoms with van der Waals surface area (Å²) >= 11 is 0. The van der Waals surface area contributed by atoms with Crippen LogP contribution in [0.1, 0.15) is 17.4 Å². The molecule has 25 heavy (non-hydrogen) atoms. The van der Waals surface area contributed by atoms with Crippen LogP contribution in [0.25, 0.3) is 22.2 Å². The van der Waals surface area contributed by atoms with E-state index in [0.717, 1.165) is 22.2 Å². The molecule has 4 aromatic rings. The van der Waals surface area contributed by atoms with Crippen molar-refractivity contribution in [3.8, 4) is 11.1 Å². The highest BCUT2D eigenvalue weighted by Gasteiger charge is 2.14. The number of rotatable bonds is 4. The maximum Gasteiger partial charge on any atom is 0.126 e. The number of pyridine rings is 1. The van der Waals surface area contributed by atoms with Crippen LogP contribution in [-0.2, 0) is 6.42 Å². The van der Waals surface area contributed by atoms with Crippen LogP contribution in [0.2, 0.25) is 0 Å². The lowest BCUT2D eigenvalue weighted by molar-refractivity contribution is 0.587. The molecule has 0 unspecified atom stereocenters. The van der Waals surface area contributed by atoms with Gasteiger partial charge >= 0.3 is 0 Å². The van der Waals surface area contributed by atoms with Crippen LogP contribution in [0.4, 0.5) is 4.39 Å². The lowest BCUT2D eigenvalue weighted by Crippen LogP contribution is -2.15. The summed E-state index contributed by atoms with van der Waals surface area (Å²) in [5, 5.41) is 0. The minimum Gasteiger partial charge on any atom is -0.341 e. The highest BCUT2D eigenvalue weighted by atomic mass is 19.1. The van der Waals surface area contributed by atoms with E-state index in [9.17, 15) is 4.39 Å². The van der Waals surface area contributed by atoms with E-state index in [4.69, 9.17) is 5.73 Å². The Morgan fingerprint density at radius 2 is 1.80 bits per heavy atom. The number of aromatic amines is 1. The van der Waals surface area contributed by atoms with Crippen molar-refractivity contribution in [3.63, 3.8) is 0 Å². The molecule has 2 heterocycles. The third kappa shape index (κ3) is 3.14. The Labute approximate surface area is 144 Å². The van der Waals surface area contributed by atoms with Crippen molar-refractivity contribution < 1.29 is 4.39 Å². The average Bonchev–Trinajstić information content (AvgIpc) is 3.08. The van der Waals surface area contributed by atoms with Gasteiger partial charge in [-0.05, 0) is 53.4 Å². The molecule has 124 valence electrons. The van der Waals surface area contributed by atoms with Gasteiger partial charge in [-0.2, -0.15) is 0 Å². The van der Waals surface area contributed by atoms with E-state index < -0.39 is 6.04 Å². The van der Waals surface area contributed by atoms with Gasteiger partial charge in [-0.25, -0.2) is 9.37 Å². The smallest absolute Gasteiger partial charge is 0.126 e. The van der Waals surface area contributed by atoms with E-state index >= 15 is 0 Å². The number of nitrogens with one attached hydrogen (secondary N) is 1. The zero-order valence-electron chi connectivity index (χ0n) is 13.5. The number of hydrogen-bond donors (Lipinski definition) is 2. The number of fused-ring (bicyclic) bond motifs is 1. The predicted octanol–water partition coefficient (Wildman–Crippen LogP) is 4.01. The Morgan fingerprint density at radius 1 is 1.00 bits per heavy atom. The van der Waals surface area contributed by atoms with Crippen molar-refractivity contribution >= 4 is 11.0 Å². The van der Waals surface area contributed by atoms with Crippen molar-refractivity contribution in [2.75, 3.05) is 0 Å². The molecule has 0 bridgehead atoms. The van der Waals surface area contributed by atoms with Gasteiger partial charge in [-0.15, -0.1) is 0 Å².